The largest absolute Gasteiger partial charge is 0.493 e. The zero-order chi connectivity index (χ0) is 13.0. The zero-order valence-electron chi connectivity index (χ0n) is 10.6. The van der Waals surface area contributed by atoms with Crippen molar-refractivity contribution in [2.45, 2.75) is 25.5 Å². The molecule has 4 nitrogen and oxygen atoms in total. The van der Waals surface area contributed by atoms with Crippen molar-refractivity contribution >= 4 is 28.3 Å². The lowest BCUT2D eigenvalue weighted by Crippen LogP contribution is -2.25. The number of aliphatic hydroxyl groups is 1. The molecule has 0 heterocycles. The van der Waals surface area contributed by atoms with Crippen LogP contribution < -0.4 is 15.2 Å². The minimum absolute atomic E-state index is 0. The van der Waals surface area contributed by atoms with Gasteiger partial charge in [0.05, 0.1) is 26.4 Å². The summed E-state index contributed by atoms with van der Waals surface area (Å²) in [6.07, 6.45) is 0.0199. The first kappa shape index (κ1) is 17.5. The van der Waals surface area contributed by atoms with Gasteiger partial charge in [0.25, 0.3) is 0 Å². The quantitative estimate of drug-likeness (QED) is 0.865. The van der Waals surface area contributed by atoms with Crippen molar-refractivity contribution in [3.8, 4) is 11.5 Å². The van der Waals surface area contributed by atoms with E-state index < -0.39 is 12.1 Å². The lowest BCUT2D eigenvalue weighted by molar-refractivity contribution is 0.140. The van der Waals surface area contributed by atoms with E-state index in [1.807, 2.05) is 6.92 Å². The fourth-order valence-corrected chi connectivity index (χ4v) is 2.17. The van der Waals surface area contributed by atoms with E-state index in [0.29, 0.717) is 17.9 Å². The standard InChI is InChI=1S/C12H18BrNO3.ClH/c1-4-9(15)12(14)7-5-10(16-2)11(17-3)6-8(7)13;/h5-6,9,12,15H,4,14H2,1-3H3;1H/t9-,12+;/m1./s1. The van der Waals surface area contributed by atoms with Crippen LogP contribution in [0.25, 0.3) is 0 Å². The van der Waals surface area contributed by atoms with Gasteiger partial charge in [0, 0.05) is 4.47 Å². The first-order valence-electron chi connectivity index (χ1n) is 5.40. The molecule has 2 atom stereocenters. The van der Waals surface area contributed by atoms with Gasteiger partial charge in [-0.2, -0.15) is 0 Å². The van der Waals surface area contributed by atoms with E-state index in [9.17, 15) is 5.11 Å². The van der Waals surface area contributed by atoms with Crippen molar-refractivity contribution in [3.05, 3.63) is 22.2 Å². The number of hydrogen-bond donors (Lipinski definition) is 2. The van der Waals surface area contributed by atoms with Gasteiger partial charge in [-0.15, -0.1) is 12.4 Å². The van der Waals surface area contributed by atoms with E-state index in [4.69, 9.17) is 15.2 Å². The normalized spacial score (nSPS) is 13.4. The van der Waals surface area contributed by atoms with Crippen LogP contribution in [-0.4, -0.2) is 25.4 Å². The van der Waals surface area contributed by atoms with E-state index in [1.54, 1.807) is 26.4 Å². The predicted molar refractivity (Wildman–Crippen MR) is 77.7 cm³/mol. The Labute approximate surface area is 122 Å². The van der Waals surface area contributed by atoms with Crippen LogP contribution in [0.2, 0.25) is 0 Å². The van der Waals surface area contributed by atoms with Crippen LogP contribution in [0.3, 0.4) is 0 Å². The average molecular weight is 341 g/mol. The van der Waals surface area contributed by atoms with Gasteiger partial charge in [0.2, 0.25) is 0 Å². The van der Waals surface area contributed by atoms with Crippen LogP contribution in [-0.2, 0) is 0 Å². The SMILES string of the molecule is CC[C@@H](O)[C@@H](N)c1cc(OC)c(OC)cc1Br.Cl. The fourth-order valence-electron chi connectivity index (χ4n) is 1.59. The molecule has 0 bridgehead atoms. The summed E-state index contributed by atoms with van der Waals surface area (Å²) in [4.78, 5) is 0. The van der Waals surface area contributed by atoms with Gasteiger partial charge in [-0.3, -0.25) is 0 Å². The number of aliphatic hydroxyl groups excluding tert-OH is 1. The Hall–Kier alpha value is -0.490. The maximum absolute atomic E-state index is 9.78. The molecule has 0 spiro atoms. The van der Waals surface area contributed by atoms with Crippen molar-refractivity contribution < 1.29 is 14.6 Å². The predicted octanol–water partition coefficient (Wildman–Crippen LogP) is 2.66. The molecule has 0 saturated carbocycles. The minimum Gasteiger partial charge on any atom is -0.493 e. The minimum atomic E-state index is -0.579. The molecule has 1 aromatic rings. The van der Waals surface area contributed by atoms with Crippen LogP contribution in [0.5, 0.6) is 11.5 Å². The van der Waals surface area contributed by atoms with Crippen molar-refractivity contribution in [1.29, 1.82) is 0 Å². The van der Waals surface area contributed by atoms with Crippen molar-refractivity contribution in [3.63, 3.8) is 0 Å². The maximum atomic E-state index is 9.78. The molecule has 104 valence electrons. The number of benzene rings is 1. The van der Waals surface area contributed by atoms with Gasteiger partial charge in [-0.25, -0.2) is 0 Å². The Bertz CT molecular complexity index is 390. The van der Waals surface area contributed by atoms with Crippen LogP contribution in [0.4, 0.5) is 0 Å². The van der Waals surface area contributed by atoms with Gasteiger partial charge >= 0.3 is 0 Å². The summed E-state index contributed by atoms with van der Waals surface area (Å²) < 4.78 is 11.2. The van der Waals surface area contributed by atoms with Crippen molar-refractivity contribution in [2.24, 2.45) is 5.73 Å². The maximum Gasteiger partial charge on any atom is 0.161 e. The number of halogens is 2. The first-order chi connectivity index (χ1) is 8.04. The van der Waals surface area contributed by atoms with Crippen molar-refractivity contribution in [2.75, 3.05) is 14.2 Å². The van der Waals surface area contributed by atoms with Gasteiger partial charge < -0.3 is 20.3 Å². The number of hydrogen-bond acceptors (Lipinski definition) is 4. The Kier molecular flexibility index (Phi) is 7.62. The van der Waals surface area contributed by atoms with Crippen LogP contribution in [0.15, 0.2) is 16.6 Å². The number of rotatable bonds is 5. The highest BCUT2D eigenvalue weighted by Crippen LogP contribution is 2.36. The summed E-state index contributed by atoms with van der Waals surface area (Å²) in [7, 11) is 3.14. The molecule has 0 aromatic heterocycles. The van der Waals surface area contributed by atoms with E-state index in [0.717, 1.165) is 10.0 Å². The zero-order valence-corrected chi connectivity index (χ0v) is 13.0. The Morgan fingerprint density at radius 1 is 1.28 bits per heavy atom. The lowest BCUT2D eigenvalue weighted by atomic mass is 10.0. The second-order valence-corrected chi connectivity index (χ2v) is 4.58. The molecule has 1 rings (SSSR count). The van der Waals surface area contributed by atoms with E-state index in [2.05, 4.69) is 15.9 Å². The highest BCUT2D eigenvalue weighted by molar-refractivity contribution is 9.10. The van der Waals surface area contributed by atoms with Crippen molar-refractivity contribution in [1.82, 2.24) is 0 Å². The summed E-state index contributed by atoms with van der Waals surface area (Å²) >= 11 is 3.42. The molecule has 0 saturated heterocycles. The smallest absolute Gasteiger partial charge is 0.161 e. The third kappa shape index (κ3) is 3.75. The van der Waals surface area contributed by atoms with E-state index in [1.165, 1.54) is 0 Å². The summed E-state index contributed by atoms with van der Waals surface area (Å²) in [5.41, 5.74) is 6.79. The molecule has 0 aliphatic heterocycles. The Morgan fingerprint density at radius 3 is 2.22 bits per heavy atom. The van der Waals surface area contributed by atoms with Crippen LogP contribution in [0.1, 0.15) is 24.9 Å². The molecule has 0 aliphatic carbocycles. The highest BCUT2D eigenvalue weighted by atomic mass is 79.9. The third-order valence-corrected chi connectivity index (χ3v) is 3.38. The molecular weight excluding hydrogens is 321 g/mol. The Balaban J connectivity index is 0.00000289. The molecule has 0 amide bonds. The van der Waals surface area contributed by atoms with E-state index in [-0.39, 0.29) is 12.4 Å². The molecule has 0 aliphatic rings. The molecule has 0 unspecified atom stereocenters. The summed E-state index contributed by atoms with van der Waals surface area (Å²) in [5, 5.41) is 9.78. The first-order valence-corrected chi connectivity index (χ1v) is 6.19. The molecular formula is C12H19BrClNO3. The molecule has 18 heavy (non-hydrogen) atoms. The molecule has 3 N–H and O–H groups in total. The number of nitrogens with two attached hydrogens (primary N) is 1. The summed E-state index contributed by atoms with van der Waals surface area (Å²) in [5.74, 6) is 1.23. The molecule has 0 radical (unpaired) electrons. The lowest BCUT2D eigenvalue weighted by Gasteiger charge is -2.20. The molecule has 0 fully saturated rings. The monoisotopic (exact) mass is 339 g/mol. The van der Waals surface area contributed by atoms with Gasteiger partial charge in [0.1, 0.15) is 0 Å². The third-order valence-electron chi connectivity index (χ3n) is 2.69. The molecule has 1 aromatic carbocycles. The van der Waals surface area contributed by atoms with Gasteiger partial charge in [0.15, 0.2) is 11.5 Å². The van der Waals surface area contributed by atoms with E-state index >= 15 is 0 Å². The summed E-state index contributed by atoms with van der Waals surface area (Å²) in [6.45, 7) is 1.89. The summed E-state index contributed by atoms with van der Waals surface area (Å²) in [6, 6.07) is 3.12. The van der Waals surface area contributed by atoms with Crippen LogP contribution in [0, 0.1) is 0 Å². The van der Waals surface area contributed by atoms with Gasteiger partial charge in [-0.1, -0.05) is 22.9 Å². The average Bonchev–Trinajstić information content (AvgIpc) is 2.36. The highest BCUT2D eigenvalue weighted by Gasteiger charge is 2.20. The topological polar surface area (TPSA) is 64.7 Å². The molecule has 6 heteroatoms. The Morgan fingerprint density at radius 2 is 1.78 bits per heavy atom. The number of ether oxygens (including phenoxy) is 2. The second-order valence-electron chi connectivity index (χ2n) is 3.73. The number of methoxy groups -OCH3 is 2. The van der Waals surface area contributed by atoms with Gasteiger partial charge in [-0.05, 0) is 24.1 Å². The van der Waals surface area contributed by atoms with Crippen LogP contribution >= 0.6 is 28.3 Å². The fraction of sp³-hybridized carbons (Fsp3) is 0.500. The second kappa shape index (κ2) is 7.84.